The molecule has 0 saturated heterocycles. The Labute approximate surface area is 162 Å². The molecule has 2 aromatic rings. The summed E-state index contributed by atoms with van der Waals surface area (Å²) in [6.07, 6.45) is 2.06. The van der Waals surface area contributed by atoms with Crippen molar-refractivity contribution in [1.82, 2.24) is 5.43 Å². The number of thiocarbonyl (C=S) groups is 1. The Bertz CT molecular complexity index is 876. The van der Waals surface area contributed by atoms with Crippen molar-refractivity contribution in [2.24, 2.45) is 5.10 Å². The predicted octanol–water partition coefficient (Wildman–Crippen LogP) is 3.27. The molecule has 0 radical (unpaired) electrons. The summed E-state index contributed by atoms with van der Waals surface area (Å²) >= 11 is 5.10. The average molecular weight is 382 g/mol. The van der Waals surface area contributed by atoms with E-state index in [2.05, 4.69) is 21.9 Å². The van der Waals surface area contributed by atoms with E-state index >= 15 is 0 Å². The van der Waals surface area contributed by atoms with Gasteiger partial charge < -0.3 is 10.2 Å². The van der Waals surface area contributed by atoms with Crippen LogP contribution in [0.4, 0.5) is 17.1 Å². The highest BCUT2D eigenvalue weighted by Crippen LogP contribution is 2.22. The lowest BCUT2D eigenvalue weighted by Gasteiger charge is -2.17. The van der Waals surface area contributed by atoms with Crippen LogP contribution >= 0.6 is 12.2 Å². The van der Waals surface area contributed by atoms with E-state index in [-0.39, 0.29) is 10.8 Å². The first-order valence-electron chi connectivity index (χ1n) is 8.03. The van der Waals surface area contributed by atoms with E-state index in [1.165, 1.54) is 6.07 Å². The first-order valence-corrected chi connectivity index (χ1v) is 8.43. The summed E-state index contributed by atoms with van der Waals surface area (Å²) in [4.78, 5) is 12.5. The van der Waals surface area contributed by atoms with Gasteiger partial charge in [-0.15, -0.1) is 0 Å². The van der Waals surface area contributed by atoms with Crippen molar-refractivity contribution in [3.8, 4) is 6.07 Å². The fourth-order valence-corrected chi connectivity index (χ4v) is 2.38. The Kier molecular flexibility index (Phi) is 7.22. The van der Waals surface area contributed by atoms with E-state index in [0.29, 0.717) is 18.7 Å². The molecule has 138 valence electrons. The van der Waals surface area contributed by atoms with Gasteiger partial charge in [0.25, 0.3) is 5.69 Å². The summed E-state index contributed by atoms with van der Waals surface area (Å²) in [5.41, 5.74) is 4.71. The molecular formula is C18H18N6O2S. The van der Waals surface area contributed by atoms with Gasteiger partial charge in [0.2, 0.25) is 0 Å². The molecule has 2 aromatic carbocycles. The van der Waals surface area contributed by atoms with E-state index in [1.54, 1.807) is 24.4 Å². The molecule has 2 N–H and O–H groups in total. The number of hydrogen-bond donors (Lipinski definition) is 2. The molecule has 0 aromatic heterocycles. The summed E-state index contributed by atoms with van der Waals surface area (Å²) in [7, 11) is 1.93. The smallest absolute Gasteiger partial charge is 0.292 e. The number of nitro groups is 1. The highest BCUT2D eigenvalue weighted by molar-refractivity contribution is 7.80. The number of nitrogens with zero attached hydrogens (tertiary/aromatic N) is 4. The van der Waals surface area contributed by atoms with E-state index in [1.807, 2.05) is 36.2 Å². The van der Waals surface area contributed by atoms with E-state index < -0.39 is 4.92 Å². The zero-order chi connectivity index (χ0) is 19.6. The molecule has 27 heavy (non-hydrogen) atoms. The molecule has 8 nitrogen and oxygen atoms in total. The van der Waals surface area contributed by atoms with Crippen LogP contribution in [0.3, 0.4) is 0 Å². The Morgan fingerprint density at radius 1 is 1.33 bits per heavy atom. The van der Waals surface area contributed by atoms with Crippen LogP contribution in [-0.4, -0.2) is 29.8 Å². The minimum absolute atomic E-state index is 0.0678. The van der Waals surface area contributed by atoms with Gasteiger partial charge in [-0.1, -0.05) is 24.3 Å². The van der Waals surface area contributed by atoms with E-state index in [9.17, 15) is 10.1 Å². The molecule has 0 aliphatic carbocycles. The van der Waals surface area contributed by atoms with Gasteiger partial charge in [-0.05, 0) is 36.0 Å². The van der Waals surface area contributed by atoms with Crippen molar-refractivity contribution in [2.75, 3.05) is 23.8 Å². The van der Waals surface area contributed by atoms with Crippen LogP contribution in [0.15, 0.2) is 53.6 Å². The molecule has 0 unspecified atom stereocenters. The minimum Gasteiger partial charge on any atom is -0.374 e. The molecule has 0 bridgehead atoms. The lowest BCUT2D eigenvalue weighted by atomic mass is 10.2. The number of hydrazone groups is 1. The maximum absolute atomic E-state index is 11.0. The van der Waals surface area contributed by atoms with E-state index in [0.717, 1.165) is 11.3 Å². The van der Waals surface area contributed by atoms with Gasteiger partial charge in [-0.3, -0.25) is 15.5 Å². The van der Waals surface area contributed by atoms with Gasteiger partial charge in [0.15, 0.2) is 5.11 Å². The van der Waals surface area contributed by atoms with Crippen molar-refractivity contribution < 1.29 is 4.92 Å². The Balaban J connectivity index is 1.91. The van der Waals surface area contributed by atoms with Crippen molar-refractivity contribution in [3.05, 3.63) is 64.2 Å². The molecular weight excluding hydrogens is 364 g/mol. The monoisotopic (exact) mass is 382 g/mol. The number of para-hydroxylation sites is 2. The number of rotatable bonds is 7. The zero-order valence-corrected chi connectivity index (χ0v) is 15.4. The number of nitro benzene ring substituents is 1. The fourth-order valence-electron chi connectivity index (χ4n) is 2.22. The van der Waals surface area contributed by atoms with Gasteiger partial charge in [0.05, 0.1) is 23.6 Å². The zero-order valence-electron chi connectivity index (χ0n) is 14.6. The normalized spacial score (nSPS) is 10.2. The highest BCUT2D eigenvalue weighted by Gasteiger charge is 2.12. The van der Waals surface area contributed by atoms with Gasteiger partial charge >= 0.3 is 0 Å². The van der Waals surface area contributed by atoms with Crippen molar-refractivity contribution in [3.63, 3.8) is 0 Å². The molecule has 0 fully saturated rings. The quantitative estimate of drug-likeness (QED) is 0.327. The maximum atomic E-state index is 11.0. The molecule has 0 saturated carbocycles. The average Bonchev–Trinajstić information content (AvgIpc) is 2.67. The molecule has 0 heterocycles. The van der Waals surface area contributed by atoms with Crippen LogP contribution in [0.5, 0.6) is 0 Å². The van der Waals surface area contributed by atoms with Crippen molar-refractivity contribution in [2.45, 2.75) is 6.42 Å². The SMILES string of the molecule is CN(CCC#N)c1ccc(/C=N\NC(=S)Nc2ccccc2[N+](=O)[O-])cc1. The van der Waals surface area contributed by atoms with Crippen LogP contribution < -0.4 is 15.6 Å². The topological polar surface area (TPSA) is 107 Å². The second-order valence-corrected chi connectivity index (χ2v) is 5.93. The second-order valence-electron chi connectivity index (χ2n) is 5.52. The molecule has 0 spiro atoms. The summed E-state index contributed by atoms with van der Waals surface area (Å²) in [6, 6.07) is 16.0. The number of nitrogens with one attached hydrogen (secondary N) is 2. The second kappa shape index (κ2) is 9.84. The lowest BCUT2D eigenvalue weighted by Crippen LogP contribution is -2.24. The first-order chi connectivity index (χ1) is 13.0. The summed E-state index contributed by atoms with van der Waals surface area (Å²) in [5.74, 6) is 0. The van der Waals surface area contributed by atoms with Crippen molar-refractivity contribution in [1.29, 1.82) is 5.26 Å². The van der Waals surface area contributed by atoms with Gasteiger partial charge in [0.1, 0.15) is 5.69 Å². The van der Waals surface area contributed by atoms with Crippen LogP contribution in [0.25, 0.3) is 0 Å². The van der Waals surface area contributed by atoms with Crippen LogP contribution in [-0.2, 0) is 0 Å². The molecule has 0 aliphatic rings. The minimum atomic E-state index is -0.483. The Morgan fingerprint density at radius 3 is 2.70 bits per heavy atom. The summed E-state index contributed by atoms with van der Waals surface area (Å²) in [6.45, 7) is 0.664. The first kappa shape index (κ1) is 19.8. The van der Waals surface area contributed by atoms with Gasteiger partial charge in [0, 0.05) is 25.3 Å². The lowest BCUT2D eigenvalue weighted by molar-refractivity contribution is -0.383. The molecule has 0 aliphatic heterocycles. The third-order valence-corrected chi connectivity index (χ3v) is 3.81. The van der Waals surface area contributed by atoms with Crippen LogP contribution in [0.1, 0.15) is 12.0 Å². The largest absolute Gasteiger partial charge is 0.374 e. The van der Waals surface area contributed by atoms with Gasteiger partial charge in [-0.2, -0.15) is 10.4 Å². The molecule has 0 amide bonds. The van der Waals surface area contributed by atoms with Gasteiger partial charge in [-0.25, -0.2) is 0 Å². The third-order valence-electron chi connectivity index (χ3n) is 3.62. The molecule has 0 atom stereocenters. The predicted molar refractivity (Wildman–Crippen MR) is 110 cm³/mol. The fraction of sp³-hybridized carbons (Fsp3) is 0.167. The summed E-state index contributed by atoms with van der Waals surface area (Å²) in [5, 5.41) is 26.6. The Morgan fingerprint density at radius 2 is 2.04 bits per heavy atom. The van der Waals surface area contributed by atoms with Crippen LogP contribution in [0.2, 0.25) is 0 Å². The maximum Gasteiger partial charge on any atom is 0.292 e. The van der Waals surface area contributed by atoms with E-state index in [4.69, 9.17) is 17.5 Å². The van der Waals surface area contributed by atoms with Crippen LogP contribution in [0, 0.1) is 21.4 Å². The number of hydrogen-bond acceptors (Lipinski definition) is 6. The third kappa shape index (κ3) is 6.05. The standard InChI is InChI=1S/C18H18N6O2S/c1-23(12-4-11-19)15-9-7-14(8-10-15)13-20-22-18(27)21-16-5-2-3-6-17(16)24(25)26/h2-3,5-10,13H,4,12H2,1H3,(H2,21,22,27)/b20-13-. The molecule has 9 heteroatoms. The number of benzene rings is 2. The van der Waals surface area contributed by atoms with Crippen molar-refractivity contribution >= 4 is 40.6 Å². The highest BCUT2D eigenvalue weighted by atomic mass is 32.1. The molecule has 2 rings (SSSR count). The summed E-state index contributed by atoms with van der Waals surface area (Å²) < 4.78 is 0. The number of nitriles is 1. The number of anilines is 2. The Hall–Kier alpha value is -3.51.